The molecule has 3 rings (SSSR count). The number of carbonyl (C=O) groups excluding carboxylic acids is 1. The number of nitrogens with zero attached hydrogens (tertiary/aromatic N) is 3. The molecule has 116 valence electrons. The molecule has 0 aliphatic heterocycles. The fraction of sp³-hybridized carbons (Fsp3) is 0.125. The van der Waals surface area contributed by atoms with Gasteiger partial charge in [0.05, 0.1) is 6.61 Å². The van der Waals surface area contributed by atoms with Crippen LogP contribution >= 0.6 is 11.3 Å². The average molecular weight is 326 g/mol. The maximum atomic E-state index is 12.3. The van der Waals surface area contributed by atoms with Gasteiger partial charge in [0, 0.05) is 23.5 Å². The van der Waals surface area contributed by atoms with Gasteiger partial charge in [-0.2, -0.15) is 0 Å². The summed E-state index contributed by atoms with van der Waals surface area (Å²) < 4.78 is 5.40. The molecule has 1 amide bonds. The Morgan fingerprint density at radius 1 is 1.22 bits per heavy atom. The van der Waals surface area contributed by atoms with Crippen LogP contribution in [-0.4, -0.2) is 27.7 Å². The van der Waals surface area contributed by atoms with Gasteiger partial charge in [-0.15, -0.1) is 10.2 Å². The van der Waals surface area contributed by atoms with Gasteiger partial charge in [-0.25, -0.2) is 0 Å². The molecule has 2 heterocycles. The van der Waals surface area contributed by atoms with Crippen molar-refractivity contribution in [3.05, 3.63) is 54.4 Å². The van der Waals surface area contributed by atoms with Gasteiger partial charge in [-0.3, -0.25) is 15.1 Å². The highest BCUT2D eigenvalue weighted by atomic mass is 32.1. The van der Waals surface area contributed by atoms with Crippen molar-refractivity contribution in [3.63, 3.8) is 0 Å². The SMILES string of the molecule is CCOc1cccc(C(=O)Nc2nnc(-c3ccncc3)s2)c1. The Balaban J connectivity index is 1.73. The molecule has 0 saturated heterocycles. The van der Waals surface area contributed by atoms with Crippen molar-refractivity contribution in [2.24, 2.45) is 0 Å². The summed E-state index contributed by atoms with van der Waals surface area (Å²) in [7, 11) is 0. The maximum Gasteiger partial charge on any atom is 0.257 e. The van der Waals surface area contributed by atoms with Gasteiger partial charge in [0.1, 0.15) is 10.8 Å². The van der Waals surface area contributed by atoms with Crippen LogP contribution in [0.5, 0.6) is 5.75 Å². The lowest BCUT2D eigenvalue weighted by Crippen LogP contribution is -2.11. The van der Waals surface area contributed by atoms with Crippen LogP contribution in [0.4, 0.5) is 5.13 Å². The zero-order chi connectivity index (χ0) is 16.1. The first-order chi connectivity index (χ1) is 11.3. The molecule has 1 aromatic carbocycles. The van der Waals surface area contributed by atoms with Crippen molar-refractivity contribution in [1.29, 1.82) is 0 Å². The van der Waals surface area contributed by atoms with E-state index in [2.05, 4.69) is 20.5 Å². The third kappa shape index (κ3) is 3.70. The third-order valence-electron chi connectivity index (χ3n) is 2.98. The zero-order valence-electron chi connectivity index (χ0n) is 12.4. The number of amides is 1. The van der Waals surface area contributed by atoms with E-state index in [1.54, 1.807) is 30.6 Å². The largest absolute Gasteiger partial charge is 0.494 e. The van der Waals surface area contributed by atoms with Crippen LogP contribution < -0.4 is 10.1 Å². The van der Waals surface area contributed by atoms with E-state index in [0.717, 1.165) is 10.6 Å². The minimum atomic E-state index is -0.246. The normalized spacial score (nSPS) is 10.3. The van der Waals surface area contributed by atoms with Crippen molar-refractivity contribution < 1.29 is 9.53 Å². The molecule has 0 radical (unpaired) electrons. The quantitative estimate of drug-likeness (QED) is 0.779. The third-order valence-corrected chi connectivity index (χ3v) is 3.87. The second-order valence-corrected chi connectivity index (χ2v) is 5.54. The molecule has 7 heteroatoms. The number of benzene rings is 1. The molecule has 1 N–H and O–H groups in total. The molecule has 0 aliphatic carbocycles. The Hall–Kier alpha value is -2.80. The predicted octanol–water partition coefficient (Wildman–Crippen LogP) is 3.25. The molecule has 2 aromatic heterocycles. The Morgan fingerprint density at radius 3 is 2.83 bits per heavy atom. The number of ether oxygens (including phenoxy) is 1. The number of rotatable bonds is 5. The van der Waals surface area contributed by atoms with Crippen molar-refractivity contribution >= 4 is 22.4 Å². The van der Waals surface area contributed by atoms with Crippen LogP contribution in [-0.2, 0) is 0 Å². The number of pyridine rings is 1. The summed E-state index contributed by atoms with van der Waals surface area (Å²) in [6.45, 7) is 2.45. The van der Waals surface area contributed by atoms with E-state index in [9.17, 15) is 4.79 Å². The Morgan fingerprint density at radius 2 is 2.04 bits per heavy atom. The van der Waals surface area contributed by atoms with Crippen molar-refractivity contribution in [2.45, 2.75) is 6.92 Å². The monoisotopic (exact) mass is 326 g/mol. The van der Waals surface area contributed by atoms with E-state index >= 15 is 0 Å². The lowest BCUT2D eigenvalue weighted by Gasteiger charge is -2.05. The Labute approximate surface area is 137 Å². The second kappa shape index (κ2) is 6.97. The standard InChI is InChI=1S/C16H14N4O2S/c1-2-22-13-5-3-4-12(10-13)14(21)18-16-20-19-15(23-16)11-6-8-17-9-7-11/h3-10H,2H2,1H3,(H,18,20,21). The summed E-state index contributed by atoms with van der Waals surface area (Å²) in [5, 5.41) is 12.0. The number of nitrogens with one attached hydrogen (secondary N) is 1. The van der Waals surface area contributed by atoms with Crippen LogP contribution in [0.3, 0.4) is 0 Å². The van der Waals surface area contributed by atoms with E-state index in [-0.39, 0.29) is 5.91 Å². The lowest BCUT2D eigenvalue weighted by atomic mass is 10.2. The van der Waals surface area contributed by atoms with E-state index in [1.165, 1.54) is 11.3 Å². The minimum absolute atomic E-state index is 0.246. The van der Waals surface area contributed by atoms with Crippen LogP contribution in [0.1, 0.15) is 17.3 Å². The van der Waals surface area contributed by atoms with Crippen molar-refractivity contribution in [3.8, 4) is 16.3 Å². The molecule has 23 heavy (non-hydrogen) atoms. The molecule has 0 bridgehead atoms. The van der Waals surface area contributed by atoms with E-state index in [1.807, 2.05) is 25.1 Å². The Kier molecular flexibility index (Phi) is 4.58. The van der Waals surface area contributed by atoms with Gasteiger partial charge >= 0.3 is 0 Å². The first kappa shape index (κ1) is 15.1. The number of hydrogen-bond acceptors (Lipinski definition) is 6. The van der Waals surface area contributed by atoms with Crippen LogP contribution in [0.15, 0.2) is 48.8 Å². The summed E-state index contributed by atoms with van der Waals surface area (Å²) in [5.41, 5.74) is 1.42. The first-order valence-corrected chi connectivity index (χ1v) is 7.86. The molecule has 0 aliphatic rings. The highest BCUT2D eigenvalue weighted by Crippen LogP contribution is 2.26. The van der Waals surface area contributed by atoms with Gasteiger partial charge in [-0.1, -0.05) is 17.4 Å². The van der Waals surface area contributed by atoms with Crippen LogP contribution in [0, 0.1) is 0 Å². The van der Waals surface area contributed by atoms with Gasteiger partial charge in [0.2, 0.25) is 5.13 Å². The molecule has 3 aromatic rings. The number of hydrogen-bond donors (Lipinski definition) is 1. The zero-order valence-corrected chi connectivity index (χ0v) is 13.2. The highest BCUT2D eigenvalue weighted by Gasteiger charge is 2.12. The second-order valence-electron chi connectivity index (χ2n) is 4.56. The van der Waals surface area contributed by atoms with E-state index in [0.29, 0.717) is 23.1 Å². The average Bonchev–Trinajstić information content (AvgIpc) is 3.05. The number of aromatic nitrogens is 3. The predicted molar refractivity (Wildman–Crippen MR) is 88.7 cm³/mol. The first-order valence-electron chi connectivity index (χ1n) is 7.04. The molecule has 0 fully saturated rings. The summed E-state index contributed by atoms with van der Waals surface area (Å²) in [6, 6.07) is 10.7. The maximum absolute atomic E-state index is 12.3. The number of anilines is 1. The Bertz CT molecular complexity index is 805. The summed E-state index contributed by atoms with van der Waals surface area (Å²) in [6.07, 6.45) is 3.38. The summed E-state index contributed by atoms with van der Waals surface area (Å²) >= 11 is 1.31. The molecule has 0 spiro atoms. The molecule has 6 nitrogen and oxygen atoms in total. The molecule has 0 saturated carbocycles. The molecular formula is C16H14N4O2S. The van der Waals surface area contributed by atoms with Gasteiger partial charge in [0.15, 0.2) is 0 Å². The molecular weight excluding hydrogens is 312 g/mol. The minimum Gasteiger partial charge on any atom is -0.494 e. The molecule has 0 unspecified atom stereocenters. The summed E-state index contributed by atoms with van der Waals surface area (Å²) in [5.74, 6) is 0.416. The van der Waals surface area contributed by atoms with Gasteiger partial charge in [-0.05, 0) is 37.3 Å². The summed E-state index contributed by atoms with van der Waals surface area (Å²) in [4.78, 5) is 16.2. The number of carbonyl (C=O) groups is 1. The topological polar surface area (TPSA) is 77.0 Å². The van der Waals surface area contributed by atoms with Crippen molar-refractivity contribution in [2.75, 3.05) is 11.9 Å². The van der Waals surface area contributed by atoms with Crippen molar-refractivity contribution in [1.82, 2.24) is 15.2 Å². The molecule has 0 atom stereocenters. The highest BCUT2D eigenvalue weighted by molar-refractivity contribution is 7.18. The van der Waals surface area contributed by atoms with Crippen LogP contribution in [0.25, 0.3) is 10.6 Å². The fourth-order valence-corrected chi connectivity index (χ4v) is 2.69. The van der Waals surface area contributed by atoms with Gasteiger partial charge in [0.25, 0.3) is 5.91 Å². The smallest absolute Gasteiger partial charge is 0.257 e. The van der Waals surface area contributed by atoms with Gasteiger partial charge < -0.3 is 4.74 Å². The fourth-order valence-electron chi connectivity index (χ4n) is 1.95. The van der Waals surface area contributed by atoms with E-state index in [4.69, 9.17) is 4.74 Å². The van der Waals surface area contributed by atoms with E-state index < -0.39 is 0 Å². The van der Waals surface area contributed by atoms with Crippen LogP contribution in [0.2, 0.25) is 0 Å². The lowest BCUT2D eigenvalue weighted by molar-refractivity contribution is 0.102.